The molecule has 3 rings (SSSR count). The molecule has 5 heteroatoms. The summed E-state index contributed by atoms with van der Waals surface area (Å²) in [7, 11) is -1.28. The minimum atomic E-state index is -1.28. The molecule has 1 heterocycles. The molecule has 4 nitrogen and oxygen atoms in total. The normalized spacial score (nSPS) is 12.4. The van der Waals surface area contributed by atoms with Crippen LogP contribution in [0.2, 0.25) is 0 Å². The fourth-order valence-corrected chi connectivity index (χ4v) is 3.27. The van der Waals surface area contributed by atoms with E-state index in [1.807, 2.05) is 42.5 Å². The van der Waals surface area contributed by atoms with Crippen LogP contribution in [0.4, 0.5) is 0 Å². The van der Waals surface area contributed by atoms with Gasteiger partial charge >= 0.3 is 5.82 Å². The Hall–Kier alpha value is -2.27. The summed E-state index contributed by atoms with van der Waals surface area (Å²) in [5.41, 5.74) is 1.34. The largest absolute Gasteiger partial charge is 0.711 e. The summed E-state index contributed by atoms with van der Waals surface area (Å²) in [6.45, 7) is 1.76. The molecule has 0 fully saturated rings. The van der Waals surface area contributed by atoms with E-state index in [1.54, 1.807) is 19.1 Å². The Kier molecular flexibility index (Phi) is 3.66. The van der Waals surface area contributed by atoms with E-state index in [9.17, 15) is 9.42 Å². The van der Waals surface area contributed by atoms with Crippen LogP contribution in [-0.4, -0.2) is 9.19 Å². The van der Waals surface area contributed by atoms with Gasteiger partial charge in [0.2, 0.25) is 0 Å². The minimum Gasteiger partial charge on any atom is -0.711 e. The van der Waals surface area contributed by atoms with E-state index >= 15 is 0 Å². The highest BCUT2D eigenvalue weighted by atomic mass is 32.2. The van der Waals surface area contributed by atoms with Crippen molar-refractivity contribution in [3.63, 3.8) is 0 Å². The van der Waals surface area contributed by atoms with Crippen molar-refractivity contribution >= 4 is 21.7 Å². The van der Waals surface area contributed by atoms with Gasteiger partial charge in [-0.15, -0.1) is 0 Å². The van der Waals surface area contributed by atoms with Crippen molar-refractivity contribution in [1.82, 2.24) is 4.98 Å². The van der Waals surface area contributed by atoms with Crippen LogP contribution in [0.15, 0.2) is 59.5 Å². The fourth-order valence-electron chi connectivity index (χ4n) is 2.23. The van der Waals surface area contributed by atoms with Crippen molar-refractivity contribution in [2.24, 2.45) is 0 Å². The second-order valence-corrected chi connectivity index (χ2v) is 6.18. The van der Waals surface area contributed by atoms with Gasteiger partial charge in [0.25, 0.3) is 0 Å². The summed E-state index contributed by atoms with van der Waals surface area (Å²) in [5.74, 6) is 0.396. The second-order valence-electron chi connectivity index (χ2n) is 4.73. The highest BCUT2D eigenvalue weighted by molar-refractivity contribution is 7.84. The number of nitrogens with zero attached hydrogens (tertiary/aromatic N) is 2. The number of fused-ring (bicyclic) bond motifs is 1. The summed E-state index contributed by atoms with van der Waals surface area (Å²) in [5, 5.41) is 13.1. The van der Waals surface area contributed by atoms with Gasteiger partial charge in [-0.2, -0.15) is 0 Å². The number of hydrogen-bond donors (Lipinski definition) is 0. The summed E-state index contributed by atoms with van der Waals surface area (Å²) in [6.07, 6.45) is 0. The molecule has 0 aliphatic heterocycles. The van der Waals surface area contributed by atoms with E-state index in [0.29, 0.717) is 10.6 Å². The first-order chi connectivity index (χ1) is 10.2. The van der Waals surface area contributed by atoms with Crippen molar-refractivity contribution in [2.45, 2.75) is 17.6 Å². The lowest BCUT2D eigenvalue weighted by Gasteiger charge is -2.11. The number of aromatic nitrogens is 2. The zero-order valence-electron chi connectivity index (χ0n) is 11.5. The molecule has 0 N–H and O–H groups in total. The smallest absolute Gasteiger partial charge is 0.315 e. The molecular formula is C16H14N2O2S. The van der Waals surface area contributed by atoms with Crippen molar-refractivity contribution in [2.75, 3.05) is 0 Å². The summed E-state index contributed by atoms with van der Waals surface area (Å²) >= 11 is 0. The first kappa shape index (κ1) is 13.7. The van der Waals surface area contributed by atoms with Gasteiger partial charge in [0.1, 0.15) is 11.4 Å². The maximum Gasteiger partial charge on any atom is 0.315 e. The minimum absolute atomic E-state index is 0.110. The molecule has 0 spiro atoms. The molecule has 0 bridgehead atoms. The quantitative estimate of drug-likeness (QED) is 0.551. The lowest BCUT2D eigenvalue weighted by atomic mass is 10.2. The Balaban J connectivity index is 2.01. The van der Waals surface area contributed by atoms with Crippen LogP contribution in [0, 0.1) is 12.1 Å². The molecule has 0 saturated heterocycles. The van der Waals surface area contributed by atoms with Crippen LogP contribution < -0.4 is 4.73 Å². The van der Waals surface area contributed by atoms with Gasteiger partial charge in [-0.1, -0.05) is 30.3 Å². The zero-order valence-corrected chi connectivity index (χ0v) is 12.3. The Labute approximate surface area is 125 Å². The van der Waals surface area contributed by atoms with Crippen LogP contribution in [-0.2, 0) is 16.6 Å². The molecule has 0 unspecified atom stereocenters. The molecule has 21 heavy (non-hydrogen) atoms. The zero-order chi connectivity index (χ0) is 14.8. The van der Waals surface area contributed by atoms with Crippen LogP contribution in [0.1, 0.15) is 11.5 Å². The first-order valence-electron chi connectivity index (χ1n) is 6.58. The van der Waals surface area contributed by atoms with Gasteiger partial charge in [0, 0.05) is 4.90 Å². The molecule has 106 valence electrons. The molecule has 2 aromatic carbocycles. The van der Waals surface area contributed by atoms with Gasteiger partial charge in [-0.05, 0) is 36.2 Å². The average molecular weight is 298 g/mol. The van der Waals surface area contributed by atoms with E-state index in [-0.39, 0.29) is 11.6 Å². The number of aryl methyl sites for hydroxylation is 1. The maximum absolute atomic E-state index is 12.3. The van der Waals surface area contributed by atoms with Crippen molar-refractivity contribution in [3.05, 3.63) is 71.3 Å². The highest BCUT2D eigenvalue weighted by Gasteiger charge is 2.18. The second kappa shape index (κ2) is 5.61. The molecule has 0 amide bonds. The molecule has 3 aromatic rings. The summed E-state index contributed by atoms with van der Waals surface area (Å²) < 4.78 is 13.1. The maximum atomic E-state index is 12.3. The van der Waals surface area contributed by atoms with E-state index in [0.717, 1.165) is 15.6 Å². The van der Waals surface area contributed by atoms with E-state index < -0.39 is 10.8 Å². The van der Waals surface area contributed by atoms with Gasteiger partial charge in [0.15, 0.2) is 5.52 Å². The lowest BCUT2D eigenvalue weighted by molar-refractivity contribution is -0.621. The third-order valence-corrected chi connectivity index (χ3v) is 4.67. The summed E-state index contributed by atoms with van der Waals surface area (Å²) in [6, 6.07) is 16.6. The predicted molar refractivity (Wildman–Crippen MR) is 82.0 cm³/mol. The SMILES string of the molecule is Cc1c2ccccc2nc(C[S@@](=O)c2ccccc2)[n+]1[O-]. The van der Waals surface area contributed by atoms with Crippen LogP contribution in [0.3, 0.4) is 0 Å². The molecular weight excluding hydrogens is 284 g/mol. The van der Waals surface area contributed by atoms with E-state index in [2.05, 4.69) is 4.98 Å². The molecule has 1 aromatic heterocycles. The van der Waals surface area contributed by atoms with E-state index in [1.165, 1.54) is 0 Å². The highest BCUT2D eigenvalue weighted by Crippen LogP contribution is 2.15. The van der Waals surface area contributed by atoms with Gasteiger partial charge in [-0.25, -0.2) is 4.73 Å². The third kappa shape index (κ3) is 2.64. The topological polar surface area (TPSA) is 56.9 Å². The van der Waals surface area contributed by atoms with Crippen molar-refractivity contribution < 1.29 is 8.94 Å². The number of benzene rings is 2. The van der Waals surface area contributed by atoms with Gasteiger partial charge < -0.3 is 5.21 Å². The molecule has 0 aliphatic rings. The molecule has 1 atom stereocenters. The van der Waals surface area contributed by atoms with Gasteiger partial charge in [-0.3, -0.25) is 4.21 Å². The Morgan fingerprint density at radius 2 is 1.76 bits per heavy atom. The first-order valence-corrected chi connectivity index (χ1v) is 7.90. The molecule has 0 aliphatic carbocycles. The number of hydrogen-bond acceptors (Lipinski definition) is 3. The van der Waals surface area contributed by atoms with Crippen LogP contribution >= 0.6 is 0 Å². The van der Waals surface area contributed by atoms with Crippen LogP contribution in [0.25, 0.3) is 10.9 Å². The van der Waals surface area contributed by atoms with Crippen LogP contribution in [0.5, 0.6) is 0 Å². The fraction of sp³-hybridized carbons (Fsp3) is 0.125. The average Bonchev–Trinajstić information content (AvgIpc) is 2.53. The number of para-hydroxylation sites is 1. The molecule has 0 radical (unpaired) electrons. The standard InChI is InChI=1S/C16H14N2O2S/c1-12-14-9-5-6-10-15(14)17-16(18(12)19)11-21(20)13-7-3-2-4-8-13/h2-10H,11H2,1H3/t21-/m1/s1. The van der Waals surface area contributed by atoms with Crippen molar-refractivity contribution in [1.29, 1.82) is 0 Å². The van der Waals surface area contributed by atoms with E-state index in [4.69, 9.17) is 0 Å². The Bertz CT molecular complexity index is 819. The Morgan fingerprint density at radius 1 is 1.10 bits per heavy atom. The third-order valence-electron chi connectivity index (χ3n) is 3.35. The lowest BCUT2D eigenvalue weighted by Crippen LogP contribution is -2.37. The predicted octanol–water partition coefficient (Wildman–Crippen LogP) is 2.48. The molecule has 0 saturated carbocycles. The van der Waals surface area contributed by atoms with Crippen molar-refractivity contribution in [3.8, 4) is 0 Å². The monoisotopic (exact) mass is 298 g/mol. The Morgan fingerprint density at radius 3 is 2.52 bits per heavy atom. The summed E-state index contributed by atoms with van der Waals surface area (Å²) in [4.78, 5) is 5.06. The van der Waals surface area contributed by atoms with Gasteiger partial charge in [0.05, 0.1) is 16.2 Å². The number of rotatable bonds is 3.